The Hall–Kier alpha value is -0.597. The molecule has 0 atom stereocenters. The van der Waals surface area contributed by atoms with E-state index in [2.05, 4.69) is 13.8 Å². The van der Waals surface area contributed by atoms with Crippen LogP contribution in [-0.2, 0) is 29.1 Å². The van der Waals surface area contributed by atoms with Gasteiger partial charge < -0.3 is 40.2 Å². The third-order valence-corrected chi connectivity index (χ3v) is 8.41. The van der Waals surface area contributed by atoms with Gasteiger partial charge in [-0.2, -0.15) is 0 Å². The first-order valence-electron chi connectivity index (χ1n) is 18.3. The molecule has 0 saturated heterocycles. The average molecular weight is 696 g/mol. The number of unbranched alkanes of at least 4 members (excludes halogenated alkanes) is 26. The van der Waals surface area contributed by atoms with Gasteiger partial charge in [-0.15, -0.1) is 0 Å². The summed E-state index contributed by atoms with van der Waals surface area (Å²) >= 11 is 0. The third kappa shape index (κ3) is 36.1. The van der Waals surface area contributed by atoms with Crippen LogP contribution < -0.4 is 10.2 Å². The molecular formula is C36H70O8Zn. The molecule has 0 unspecified atom stereocenters. The molecule has 0 aromatic heterocycles. The van der Waals surface area contributed by atoms with Crippen LogP contribution in [0.1, 0.15) is 206 Å². The molecule has 0 heterocycles. The van der Waals surface area contributed by atoms with Gasteiger partial charge in [-0.25, -0.2) is 0 Å². The van der Waals surface area contributed by atoms with Crippen molar-refractivity contribution in [1.29, 1.82) is 0 Å². The van der Waals surface area contributed by atoms with E-state index in [9.17, 15) is 19.8 Å². The van der Waals surface area contributed by atoms with Gasteiger partial charge in [-0.05, 0) is 12.8 Å². The van der Waals surface area contributed by atoms with Crippen molar-refractivity contribution in [2.45, 2.75) is 218 Å². The smallest absolute Gasteiger partial charge is 0.544 e. The number of rotatable bonds is 32. The van der Waals surface area contributed by atoms with Crippen molar-refractivity contribution in [2.75, 3.05) is 0 Å². The van der Waals surface area contributed by atoms with Crippen molar-refractivity contribution < 1.29 is 59.7 Å². The monoisotopic (exact) mass is 694 g/mol. The van der Waals surface area contributed by atoms with Gasteiger partial charge in [0.1, 0.15) is 11.9 Å². The van der Waals surface area contributed by atoms with Crippen molar-refractivity contribution in [1.82, 2.24) is 0 Å². The van der Waals surface area contributed by atoms with Crippen molar-refractivity contribution in [3.05, 3.63) is 0 Å². The second-order valence-corrected chi connectivity index (χ2v) is 12.9. The van der Waals surface area contributed by atoms with Crippen molar-refractivity contribution in [2.24, 2.45) is 0 Å². The number of carboxylic acid groups (broad SMARTS) is 2. The van der Waals surface area contributed by atoms with Crippen LogP contribution in [0.25, 0.3) is 0 Å². The van der Waals surface area contributed by atoms with Crippen molar-refractivity contribution in [3.8, 4) is 0 Å². The number of carbonyl (C=O) groups is 2. The molecule has 0 aliphatic rings. The Labute approximate surface area is 288 Å². The Morgan fingerprint density at radius 3 is 0.689 bits per heavy atom. The SMILES string of the molecule is CCCCCCCCCCCCCCCCC(O)(O)C(=O)[O-].CCCCCCCCCCCCCCCCC(O)(O)C(=O)[O-].[Zn+2]. The molecule has 0 saturated carbocycles. The van der Waals surface area contributed by atoms with Crippen LogP contribution in [0.15, 0.2) is 0 Å². The molecule has 0 radical (unpaired) electrons. The van der Waals surface area contributed by atoms with Gasteiger partial charge >= 0.3 is 19.5 Å². The van der Waals surface area contributed by atoms with E-state index in [0.29, 0.717) is 12.8 Å². The van der Waals surface area contributed by atoms with E-state index in [0.717, 1.165) is 38.5 Å². The Kier molecular flexibility index (Phi) is 37.7. The minimum absolute atomic E-state index is 0. The zero-order valence-electron chi connectivity index (χ0n) is 29.3. The Bertz CT molecular complexity index is 589. The largest absolute Gasteiger partial charge is 2.00 e. The van der Waals surface area contributed by atoms with Gasteiger partial charge in [0.05, 0.1) is 0 Å². The maximum absolute atomic E-state index is 10.4. The van der Waals surface area contributed by atoms with Gasteiger partial charge in [-0.1, -0.05) is 181 Å². The molecule has 0 aromatic carbocycles. The summed E-state index contributed by atoms with van der Waals surface area (Å²) in [5, 5.41) is 57.1. The van der Waals surface area contributed by atoms with Crippen LogP contribution in [-0.4, -0.2) is 43.9 Å². The van der Waals surface area contributed by atoms with Crippen LogP contribution in [0.4, 0.5) is 0 Å². The molecule has 4 N–H and O–H groups in total. The molecular weight excluding hydrogens is 626 g/mol. The standard InChI is InChI=1S/2C18H36O4.Zn/c2*1-2-3-4-5-6-7-8-9-10-11-12-13-14-15-16-18(21,22)17(19)20;/h2*21-22H,2-16H2,1H3,(H,19,20);/q;;+2/p-2. The number of aliphatic carboxylic acids is 2. The summed E-state index contributed by atoms with van der Waals surface area (Å²) in [5.41, 5.74) is 0. The number of hydrogen-bond donors (Lipinski definition) is 4. The second-order valence-electron chi connectivity index (χ2n) is 12.9. The third-order valence-electron chi connectivity index (χ3n) is 8.41. The first-order valence-corrected chi connectivity index (χ1v) is 18.3. The second kappa shape index (κ2) is 34.7. The van der Waals surface area contributed by atoms with Gasteiger partial charge in [-0.3, -0.25) is 0 Å². The minimum Gasteiger partial charge on any atom is -0.544 e. The van der Waals surface area contributed by atoms with E-state index in [1.54, 1.807) is 0 Å². The molecule has 264 valence electrons. The number of carboxylic acids is 2. The minimum atomic E-state index is -2.66. The fourth-order valence-corrected chi connectivity index (χ4v) is 5.34. The average Bonchev–Trinajstić information content (AvgIpc) is 2.97. The fraction of sp³-hybridized carbons (Fsp3) is 0.944. The Balaban J connectivity index is -0.000000767. The molecule has 0 aliphatic carbocycles. The quantitative estimate of drug-likeness (QED) is 0.0349. The van der Waals surface area contributed by atoms with Gasteiger partial charge in [0, 0.05) is 12.8 Å². The van der Waals surface area contributed by atoms with Gasteiger partial charge in [0.15, 0.2) is 0 Å². The molecule has 0 spiro atoms. The summed E-state index contributed by atoms with van der Waals surface area (Å²) in [6.45, 7) is 4.49. The van der Waals surface area contributed by atoms with Crippen LogP contribution in [0, 0.1) is 0 Å². The first-order chi connectivity index (χ1) is 21.0. The Morgan fingerprint density at radius 2 is 0.533 bits per heavy atom. The first kappa shape index (κ1) is 48.8. The van der Waals surface area contributed by atoms with E-state index in [-0.39, 0.29) is 32.3 Å². The predicted octanol–water partition coefficient (Wildman–Crippen LogP) is 6.57. The zero-order valence-corrected chi connectivity index (χ0v) is 32.3. The maximum atomic E-state index is 10.4. The van der Waals surface area contributed by atoms with Gasteiger partial charge in [0.2, 0.25) is 11.6 Å². The zero-order chi connectivity index (χ0) is 33.4. The predicted molar refractivity (Wildman–Crippen MR) is 174 cm³/mol. The van der Waals surface area contributed by atoms with E-state index < -0.39 is 23.5 Å². The molecule has 0 amide bonds. The van der Waals surface area contributed by atoms with Gasteiger partial charge in [0.25, 0.3) is 0 Å². The van der Waals surface area contributed by atoms with Crippen LogP contribution >= 0.6 is 0 Å². The van der Waals surface area contributed by atoms with Crippen LogP contribution in [0.2, 0.25) is 0 Å². The van der Waals surface area contributed by atoms with E-state index >= 15 is 0 Å². The molecule has 45 heavy (non-hydrogen) atoms. The summed E-state index contributed by atoms with van der Waals surface area (Å²) in [6, 6.07) is 0. The van der Waals surface area contributed by atoms with E-state index in [1.165, 1.54) is 128 Å². The number of aliphatic hydroxyl groups is 4. The van der Waals surface area contributed by atoms with E-state index in [4.69, 9.17) is 20.4 Å². The topological polar surface area (TPSA) is 161 Å². The van der Waals surface area contributed by atoms with Crippen molar-refractivity contribution >= 4 is 11.9 Å². The van der Waals surface area contributed by atoms with Crippen molar-refractivity contribution in [3.63, 3.8) is 0 Å². The molecule has 0 fully saturated rings. The summed E-state index contributed by atoms with van der Waals surface area (Å²) in [5.74, 6) is -8.92. The molecule has 8 nitrogen and oxygen atoms in total. The maximum Gasteiger partial charge on any atom is 2.00 e. The molecule has 0 bridgehead atoms. The number of hydrogen-bond acceptors (Lipinski definition) is 8. The summed E-state index contributed by atoms with van der Waals surface area (Å²) < 4.78 is 0. The van der Waals surface area contributed by atoms with Crippen LogP contribution in [0.3, 0.4) is 0 Å². The summed E-state index contributed by atoms with van der Waals surface area (Å²) in [4.78, 5) is 20.7. The molecule has 0 rings (SSSR count). The molecule has 0 aliphatic heterocycles. The Morgan fingerprint density at radius 1 is 0.378 bits per heavy atom. The normalized spacial score (nSPS) is 11.5. The summed E-state index contributed by atoms with van der Waals surface area (Å²) in [7, 11) is 0. The summed E-state index contributed by atoms with van der Waals surface area (Å²) in [6.07, 6.45) is 33.5. The molecule has 0 aromatic rings. The van der Waals surface area contributed by atoms with E-state index in [1.807, 2.05) is 0 Å². The molecule has 9 heteroatoms. The number of carbonyl (C=O) groups excluding carboxylic acids is 2. The van der Waals surface area contributed by atoms with Crippen LogP contribution in [0.5, 0.6) is 0 Å². The fourth-order valence-electron chi connectivity index (χ4n) is 5.34.